The molecule has 1 atom stereocenters. The molecule has 4 aromatic rings. The van der Waals surface area contributed by atoms with Crippen molar-refractivity contribution >= 4 is 23.1 Å². The third-order valence-electron chi connectivity index (χ3n) is 5.07. The Labute approximate surface area is 172 Å². The molecule has 5 rings (SSSR count). The largest absolute Gasteiger partial charge is 0.310 e. The molecule has 1 aromatic carbocycles. The Balaban J connectivity index is 1.79. The zero-order chi connectivity index (χ0) is 20.0. The second-order valence-corrected chi connectivity index (χ2v) is 7.98. The first-order chi connectivity index (χ1) is 14.1. The number of aryl methyl sites for hydroxylation is 2. The van der Waals surface area contributed by atoms with Crippen LogP contribution in [-0.2, 0) is 4.79 Å². The van der Waals surface area contributed by atoms with Crippen LogP contribution in [0.4, 0.5) is 5.82 Å². The number of carbonyl (C=O) groups excluding carboxylic acids is 1. The molecule has 0 bridgehead atoms. The second kappa shape index (κ2) is 6.93. The first-order valence-electron chi connectivity index (χ1n) is 9.43. The summed E-state index contributed by atoms with van der Waals surface area (Å²) in [6, 6.07) is 14.1. The van der Waals surface area contributed by atoms with Gasteiger partial charge in [-0.2, -0.15) is 21.1 Å². The van der Waals surface area contributed by atoms with Gasteiger partial charge < -0.3 is 5.32 Å². The molecule has 3 aromatic heterocycles. The van der Waals surface area contributed by atoms with Crippen molar-refractivity contribution in [3.05, 3.63) is 75.7 Å². The van der Waals surface area contributed by atoms with Crippen molar-refractivity contribution in [2.75, 3.05) is 5.32 Å². The summed E-state index contributed by atoms with van der Waals surface area (Å²) in [5, 5.41) is 12.1. The van der Waals surface area contributed by atoms with E-state index in [9.17, 15) is 4.79 Å². The molecule has 144 valence electrons. The van der Waals surface area contributed by atoms with Crippen molar-refractivity contribution in [2.45, 2.75) is 26.2 Å². The fourth-order valence-electron chi connectivity index (χ4n) is 3.86. The van der Waals surface area contributed by atoms with E-state index >= 15 is 0 Å². The summed E-state index contributed by atoms with van der Waals surface area (Å²) >= 11 is 1.63. The molecular weight excluding hydrogens is 382 g/mol. The van der Waals surface area contributed by atoms with Gasteiger partial charge in [-0.1, -0.05) is 30.3 Å². The lowest BCUT2D eigenvalue weighted by Crippen LogP contribution is -2.25. The third-order valence-corrected chi connectivity index (χ3v) is 5.77. The van der Waals surface area contributed by atoms with Gasteiger partial charge in [0.25, 0.3) is 5.95 Å². The minimum Gasteiger partial charge on any atom is -0.310 e. The van der Waals surface area contributed by atoms with Gasteiger partial charge in [0.1, 0.15) is 5.82 Å². The van der Waals surface area contributed by atoms with Gasteiger partial charge in [0, 0.05) is 34.9 Å². The van der Waals surface area contributed by atoms with Gasteiger partial charge in [-0.05, 0) is 42.3 Å². The molecule has 0 saturated heterocycles. The molecule has 4 heterocycles. The fourth-order valence-corrected chi connectivity index (χ4v) is 4.58. The van der Waals surface area contributed by atoms with E-state index in [1.807, 2.05) is 55.6 Å². The molecule has 29 heavy (non-hydrogen) atoms. The van der Waals surface area contributed by atoms with Crippen molar-refractivity contribution in [1.82, 2.24) is 19.7 Å². The Morgan fingerprint density at radius 3 is 2.55 bits per heavy atom. The molecule has 0 saturated carbocycles. The number of benzene rings is 1. The number of rotatable bonds is 3. The number of aromatic nitrogens is 4. The Bertz CT molecular complexity index is 1180. The van der Waals surface area contributed by atoms with Gasteiger partial charge in [-0.15, -0.1) is 0 Å². The highest BCUT2D eigenvalue weighted by atomic mass is 32.1. The average molecular weight is 401 g/mol. The molecule has 1 amide bonds. The summed E-state index contributed by atoms with van der Waals surface area (Å²) < 4.78 is 1.67. The molecule has 0 spiro atoms. The minimum atomic E-state index is -0.0557. The van der Waals surface area contributed by atoms with Crippen LogP contribution in [0.2, 0.25) is 0 Å². The van der Waals surface area contributed by atoms with Gasteiger partial charge in [0.2, 0.25) is 5.91 Å². The monoisotopic (exact) mass is 401 g/mol. The quantitative estimate of drug-likeness (QED) is 0.549. The smallest absolute Gasteiger partial charge is 0.252 e. The van der Waals surface area contributed by atoms with Crippen LogP contribution in [-0.4, -0.2) is 25.7 Å². The van der Waals surface area contributed by atoms with Crippen molar-refractivity contribution in [3.8, 4) is 17.2 Å². The van der Waals surface area contributed by atoms with Crippen molar-refractivity contribution in [2.24, 2.45) is 0 Å². The number of nitrogens with zero attached hydrogens (tertiary/aromatic N) is 4. The Morgan fingerprint density at radius 1 is 1.10 bits per heavy atom. The summed E-state index contributed by atoms with van der Waals surface area (Å²) in [6.45, 7) is 3.86. The van der Waals surface area contributed by atoms with E-state index in [-0.39, 0.29) is 11.8 Å². The van der Waals surface area contributed by atoms with Gasteiger partial charge >= 0.3 is 0 Å². The highest BCUT2D eigenvalue weighted by Crippen LogP contribution is 2.44. The summed E-state index contributed by atoms with van der Waals surface area (Å²) in [7, 11) is 0. The van der Waals surface area contributed by atoms with Gasteiger partial charge in [0.15, 0.2) is 0 Å². The van der Waals surface area contributed by atoms with E-state index in [0.29, 0.717) is 18.2 Å². The minimum absolute atomic E-state index is 0.0289. The topological polar surface area (TPSA) is 72.7 Å². The molecule has 1 aliphatic heterocycles. The van der Waals surface area contributed by atoms with Crippen LogP contribution >= 0.6 is 11.3 Å². The van der Waals surface area contributed by atoms with E-state index in [4.69, 9.17) is 5.10 Å². The van der Waals surface area contributed by atoms with Crippen molar-refractivity contribution in [3.63, 3.8) is 0 Å². The van der Waals surface area contributed by atoms with Crippen LogP contribution in [0.25, 0.3) is 17.2 Å². The van der Waals surface area contributed by atoms with Crippen LogP contribution in [0.1, 0.15) is 34.9 Å². The Hall–Kier alpha value is -3.32. The van der Waals surface area contributed by atoms with E-state index in [1.54, 1.807) is 16.0 Å². The lowest BCUT2D eigenvalue weighted by atomic mass is 9.86. The fraction of sp³-hybridized carbons (Fsp3) is 0.182. The predicted octanol–water partition coefficient (Wildman–Crippen LogP) is 4.48. The number of thiophene rings is 1. The van der Waals surface area contributed by atoms with E-state index in [1.165, 1.54) is 0 Å². The highest BCUT2D eigenvalue weighted by Gasteiger charge is 2.35. The maximum atomic E-state index is 12.6. The van der Waals surface area contributed by atoms with E-state index in [0.717, 1.165) is 33.8 Å². The van der Waals surface area contributed by atoms with Crippen LogP contribution in [0.5, 0.6) is 0 Å². The SMILES string of the molecule is Cc1cc(C)nc(-n2nc(-c3ccccc3)c3c2NC(=O)C[C@H]3c2ccsc2)n1. The summed E-state index contributed by atoms with van der Waals surface area (Å²) in [4.78, 5) is 21.7. The molecule has 7 heteroatoms. The zero-order valence-corrected chi connectivity index (χ0v) is 16.9. The second-order valence-electron chi connectivity index (χ2n) is 7.20. The van der Waals surface area contributed by atoms with Crippen LogP contribution in [0.15, 0.2) is 53.2 Å². The molecular formula is C22H19N5OS. The number of nitrogens with one attached hydrogen (secondary N) is 1. The third kappa shape index (κ3) is 3.13. The first kappa shape index (κ1) is 17.8. The van der Waals surface area contributed by atoms with Gasteiger partial charge in [-0.3, -0.25) is 4.79 Å². The molecule has 1 aliphatic rings. The van der Waals surface area contributed by atoms with Gasteiger partial charge in [0.05, 0.1) is 5.69 Å². The summed E-state index contributed by atoms with van der Waals surface area (Å²) in [6.07, 6.45) is 0.392. The van der Waals surface area contributed by atoms with Crippen molar-refractivity contribution in [1.29, 1.82) is 0 Å². The molecule has 6 nitrogen and oxygen atoms in total. The van der Waals surface area contributed by atoms with Crippen LogP contribution in [0.3, 0.4) is 0 Å². The zero-order valence-electron chi connectivity index (χ0n) is 16.1. The maximum absolute atomic E-state index is 12.6. The van der Waals surface area contributed by atoms with Crippen LogP contribution in [0, 0.1) is 13.8 Å². The molecule has 0 radical (unpaired) electrons. The van der Waals surface area contributed by atoms with Crippen molar-refractivity contribution < 1.29 is 4.79 Å². The standard InChI is InChI=1S/C22H19N5OS/c1-13-10-14(2)24-22(23-13)27-21-19(20(26-27)15-6-4-3-5-7-15)17(11-18(28)25-21)16-8-9-29-12-16/h3-10,12,17H,11H2,1-2H3,(H,25,28)/t17-/m0/s1. The number of anilines is 1. The number of amides is 1. The predicted molar refractivity (Wildman–Crippen MR) is 113 cm³/mol. The average Bonchev–Trinajstić information content (AvgIpc) is 3.35. The molecule has 0 aliphatic carbocycles. The summed E-state index contributed by atoms with van der Waals surface area (Å²) in [5.41, 5.74) is 5.70. The highest BCUT2D eigenvalue weighted by molar-refractivity contribution is 7.08. The van der Waals surface area contributed by atoms with Gasteiger partial charge in [-0.25, -0.2) is 9.97 Å². The lowest BCUT2D eigenvalue weighted by molar-refractivity contribution is -0.116. The number of fused-ring (bicyclic) bond motifs is 1. The summed E-state index contributed by atoms with van der Waals surface area (Å²) in [5.74, 6) is 1.03. The number of carbonyl (C=O) groups is 1. The lowest BCUT2D eigenvalue weighted by Gasteiger charge is -2.23. The molecule has 1 N–H and O–H groups in total. The molecule has 0 fully saturated rings. The van der Waals surface area contributed by atoms with E-state index < -0.39 is 0 Å². The van der Waals surface area contributed by atoms with Crippen LogP contribution < -0.4 is 5.32 Å². The number of hydrogen-bond donors (Lipinski definition) is 1. The number of hydrogen-bond acceptors (Lipinski definition) is 5. The Kier molecular flexibility index (Phi) is 4.24. The molecule has 0 unspecified atom stereocenters. The first-order valence-corrected chi connectivity index (χ1v) is 10.4. The maximum Gasteiger partial charge on any atom is 0.252 e. The normalized spacial score (nSPS) is 15.8. The van der Waals surface area contributed by atoms with E-state index in [2.05, 4.69) is 26.7 Å². The Morgan fingerprint density at radius 2 is 1.86 bits per heavy atom.